The lowest BCUT2D eigenvalue weighted by molar-refractivity contribution is -0.139. The number of likely N-dealkylation sites (tertiary alicyclic amines) is 1. The van der Waals surface area contributed by atoms with Gasteiger partial charge in [0.05, 0.1) is 24.4 Å². The van der Waals surface area contributed by atoms with E-state index in [2.05, 4.69) is 16.9 Å². The van der Waals surface area contributed by atoms with Crippen LogP contribution in [0.3, 0.4) is 0 Å². The smallest absolute Gasteiger partial charge is 0.250 e. The number of ether oxygens (including phenoxy) is 1. The Bertz CT molecular complexity index is 568. The minimum atomic E-state index is -0.729. The first kappa shape index (κ1) is 16.7. The zero-order valence-electron chi connectivity index (χ0n) is 14.0. The number of carbonyl (C=O) groups excluding carboxylic acids is 1. The number of nitrogens with zero attached hydrogens (tertiary/aromatic N) is 4. The van der Waals surface area contributed by atoms with Gasteiger partial charge >= 0.3 is 0 Å². The Morgan fingerprint density at radius 2 is 2.04 bits per heavy atom. The molecule has 1 amide bonds. The molecule has 2 fully saturated rings. The summed E-state index contributed by atoms with van der Waals surface area (Å²) in [5.41, 5.74) is -0.729. The van der Waals surface area contributed by atoms with Gasteiger partial charge in [0, 0.05) is 38.4 Å². The van der Waals surface area contributed by atoms with E-state index < -0.39 is 5.54 Å². The fourth-order valence-electron chi connectivity index (χ4n) is 3.59. The van der Waals surface area contributed by atoms with Gasteiger partial charge in [-0.05, 0) is 19.8 Å². The van der Waals surface area contributed by atoms with Crippen molar-refractivity contribution in [1.29, 1.82) is 0 Å². The van der Waals surface area contributed by atoms with E-state index in [1.54, 1.807) is 17.1 Å². The molecule has 23 heavy (non-hydrogen) atoms. The highest BCUT2D eigenvalue weighted by atomic mass is 35.5. The summed E-state index contributed by atoms with van der Waals surface area (Å²) < 4.78 is 7.09. The number of carbonyl (C=O) groups is 1. The lowest BCUT2D eigenvalue weighted by Gasteiger charge is -2.34. The summed E-state index contributed by atoms with van der Waals surface area (Å²) in [6, 6.07) is 0.417. The molecule has 0 radical (unpaired) electrons. The number of rotatable bonds is 3. The summed E-state index contributed by atoms with van der Waals surface area (Å²) >= 11 is 5.95. The van der Waals surface area contributed by atoms with Crippen LogP contribution in [0.1, 0.15) is 20.8 Å². The van der Waals surface area contributed by atoms with Gasteiger partial charge in [0.1, 0.15) is 5.54 Å². The van der Waals surface area contributed by atoms with Crippen LogP contribution in [-0.2, 0) is 15.1 Å². The molecule has 0 spiro atoms. The van der Waals surface area contributed by atoms with Crippen molar-refractivity contribution >= 4 is 17.5 Å². The number of morpholine rings is 1. The molecule has 3 heterocycles. The topological polar surface area (TPSA) is 50.6 Å². The predicted octanol–water partition coefficient (Wildman–Crippen LogP) is 1.45. The Morgan fingerprint density at radius 3 is 2.65 bits per heavy atom. The van der Waals surface area contributed by atoms with E-state index in [4.69, 9.17) is 16.3 Å². The average molecular weight is 341 g/mol. The summed E-state index contributed by atoms with van der Waals surface area (Å²) in [6.07, 6.45) is 3.28. The summed E-state index contributed by atoms with van der Waals surface area (Å²) in [6.45, 7) is 11.1. The first-order valence-electron chi connectivity index (χ1n) is 8.21. The third-order valence-electron chi connectivity index (χ3n) is 5.02. The van der Waals surface area contributed by atoms with Crippen LogP contribution in [0.2, 0.25) is 5.02 Å². The highest BCUT2D eigenvalue weighted by Crippen LogP contribution is 2.27. The molecule has 0 bridgehead atoms. The van der Waals surface area contributed by atoms with Gasteiger partial charge in [-0.1, -0.05) is 18.5 Å². The van der Waals surface area contributed by atoms with Crippen LogP contribution in [-0.4, -0.2) is 70.9 Å². The second kappa shape index (κ2) is 6.42. The maximum atomic E-state index is 13.0. The van der Waals surface area contributed by atoms with Crippen molar-refractivity contribution in [2.24, 2.45) is 5.92 Å². The Labute approximate surface area is 142 Å². The van der Waals surface area contributed by atoms with E-state index in [9.17, 15) is 4.79 Å². The quantitative estimate of drug-likeness (QED) is 0.835. The first-order chi connectivity index (χ1) is 10.9. The third kappa shape index (κ3) is 3.25. The summed E-state index contributed by atoms with van der Waals surface area (Å²) in [4.78, 5) is 17.5. The van der Waals surface area contributed by atoms with Gasteiger partial charge < -0.3 is 9.64 Å². The highest BCUT2D eigenvalue weighted by molar-refractivity contribution is 6.30. The van der Waals surface area contributed by atoms with Crippen LogP contribution in [0.25, 0.3) is 0 Å². The van der Waals surface area contributed by atoms with E-state index in [0.717, 1.165) is 39.4 Å². The lowest BCUT2D eigenvalue weighted by Crippen LogP contribution is -2.49. The molecule has 3 rings (SSSR count). The molecular weight excluding hydrogens is 316 g/mol. The number of hydrogen-bond donors (Lipinski definition) is 0. The zero-order chi connectivity index (χ0) is 16.6. The fourth-order valence-corrected chi connectivity index (χ4v) is 3.73. The van der Waals surface area contributed by atoms with Crippen LogP contribution in [0.15, 0.2) is 12.4 Å². The Kier molecular flexibility index (Phi) is 4.67. The van der Waals surface area contributed by atoms with E-state index in [1.807, 2.05) is 18.7 Å². The normalized spacial score (nSPS) is 26.7. The third-order valence-corrected chi connectivity index (χ3v) is 5.22. The van der Waals surface area contributed by atoms with Gasteiger partial charge in [0.25, 0.3) is 0 Å². The van der Waals surface area contributed by atoms with Gasteiger partial charge in [-0.15, -0.1) is 0 Å². The Morgan fingerprint density at radius 1 is 1.35 bits per heavy atom. The van der Waals surface area contributed by atoms with Crippen molar-refractivity contribution in [3.05, 3.63) is 17.4 Å². The van der Waals surface area contributed by atoms with Gasteiger partial charge in [-0.25, -0.2) is 0 Å². The molecular formula is C16H25ClN4O2. The molecule has 0 N–H and O–H groups in total. The van der Waals surface area contributed by atoms with Crippen LogP contribution in [0.4, 0.5) is 0 Å². The van der Waals surface area contributed by atoms with Crippen molar-refractivity contribution in [3.63, 3.8) is 0 Å². The van der Waals surface area contributed by atoms with Crippen LogP contribution < -0.4 is 0 Å². The van der Waals surface area contributed by atoms with E-state index in [-0.39, 0.29) is 5.91 Å². The van der Waals surface area contributed by atoms with Crippen molar-refractivity contribution < 1.29 is 9.53 Å². The molecule has 128 valence electrons. The zero-order valence-corrected chi connectivity index (χ0v) is 14.8. The first-order valence-corrected chi connectivity index (χ1v) is 8.59. The van der Waals surface area contributed by atoms with Crippen molar-refractivity contribution in [2.45, 2.75) is 32.4 Å². The van der Waals surface area contributed by atoms with Crippen molar-refractivity contribution in [1.82, 2.24) is 19.6 Å². The highest BCUT2D eigenvalue weighted by Gasteiger charge is 2.42. The molecule has 7 heteroatoms. The molecule has 0 saturated carbocycles. The summed E-state index contributed by atoms with van der Waals surface area (Å²) in [5.74, 6) is 0.564. The second-order valence-electron chi connectivity index (χ2n) is 7.07. The average Bonchev–Trinajstić information content (AvgIpc) is 3.14. The summed E-state index contributed by atoms with van der Waals surface area (Å²) in [5, 5.41) is 4.77. The molecule has 2 saturated heterocycles. The Hall–Kier alpha value is -1.11. The van der Waals surface area contributed by atoms with E-state index >= 15 is 0 Å². The molecule has 2 atom stereocenters. The van der Waals surface area contributed by atoms with Gasteiger partial charge in [-0.3, -0.25) is 14.4 Å². The van der Waals surface area contributed by atoms with Crippen LogP contribution in [0, 0.1) is 5.92 Å². The molecule has 0 aliphatic carbocycles. The SMILES string of the molecule is C[C@@H]1CN(C(=O)C(C)(C)n2cc(Cl)cn2)C[C@@H]1N1CCOCC1. The molecule has 0 unspecified atom stereocenters. The molecule has 1 aromatic heterocycles. The number of amides is 1. The molecule has 0 aromatic carbocycles. The minimum Gasteiger partial charge on any atom is -0.379 e. The van der Waals surface area contributed by atoms with Gasteiger partial charge in [-0.2, -0.15) is 5.10 Å². The molecule has 6 nitrogen and oxygen atoms in total. The lowest BCUT2D eigenvalue weighted by atomic mass is 10.0. The standard InChI is InChI=1S/C16H25ClN4O2/c1-12-9-20(11-14(12)19-4-6-23-7-5-19)15(22)16(2,3)21-10-13(17)8-18-21/h8,10,12,14H,4-7,9,11H2,1-3H3/t12-,14+/m1/s1. The number of halogens is 1. The summed E-state index contributed by atoms with van der Waals surface area (Å²) in [7, 11) is 0. The largest absolute Gasteiger partial charge is 0.379 e. The van der Waals surface area contributed by atoms with Crippen molar-refractivity contribution in [3.8, 4) is 0 Å². The molecule has 1 aromatic rings. The van der Waals surface area contributed by atoms with Crippen LogP contribution in [0.5, 0.6) is 0 Å². The minimum absolute atomic E-state index is 0.0971. The Balaban J connectivity index is 1.70. The van der Waals surface area contributed by atoms with Crippen LogP contribution >= 0.6 is 11.6 Å². The fraction of sp³-hybridized carbons (Fsp3) is 0.750. The van der Waals surface area contributed by atoms with Crippen molar-refractivity contribution in [2.75, 3.05) is 39.4 Å². The van der Waals surface area contributed by atoms with Gasteiger partial charge in [0.2, 0.25) is 5.91 Å². The van der Waals surface area contributed by atoms with E-state index in [0.29, 0.717) is 17.0 Å². The number of aromatic nitrogens is 2. The maximum absolute atomic E-state index is 13.0. The monoisotopic (exact) mass is 340 g/mol. The number of hydrogen-bond acceptors (Lipinski definition) is 4. The van der Waals surface area contributed by atoms with Gasteiger partial charge in [0.15, 0.2) is 0 Å². The molecule has 2 aliphatic heterocycles. The van der Waals surface area contributed by atoms with E-state index in [1.165, 1.54) is 0 Å². The second-order valence-corrected chi connectivity index (χ2v) is 7.50. The molecule has 2 aliphatic rings. The maximum Gasteiger partial charge on any atom is 0.250 e. The predicted molar refractivity (Wildman–Crippen MR) is 88.5 cm³/mol.